The average Bonchev–Trinajstić information content (AvgIpc) is 2.24. The fourth-order valence-electron chi connectivity index (χ4n) is 1.34. The van der Waals surface area contributed by atoms with E-state index in [9.17, 15) is 9.59 Å². The molecule has 0 aromatic heterocycles. The highest BCUT2D eigenvalue weighted by Gasteiger charge is 2.16. The van der Waals surface area contributed by atoms with Gasteiger partial charge in [-0.25, -0.2) is 4.79 Å². The molecule has 0 aliphatic heterocycles. The van der Waals surface area contributed by atoms with Crippen LogP contribution in [-0.2, 0) is 9.59 Å². The largest absolute Gasteiger partial charge is 0.477 e. The number of nitrogens with zero attached hydrogens (tertiary/aromatic N) is 1. The third-order valence-electron chi connectivity index (χ3n) is 2.04. The second kappa shape index (κ2) is 7.73. The van der Waals surface area contributed by atoms with Crippen molar-refractivity contribution in [1.29, 1.82) is 0 Å². The Morgan fingerprint density at radius 2 is 1.75 bits per heavy atom. The fraction of sp³-hybridized carbons (Fsp3) is 0.636. The molecule has 0 radical (unpaired) electrons. The summed E-state index contributed by atoms with van der Waals surface area (Å²) in [6.07, 6.45) is 3.25. The molecule has 0 aliphatic carbocycles. The second-order valence-corrected chi connectivity index (χ2v) is 3.46. The average molecular weight is 228 g/mol. The number of aliphatic carboxylic acids is 1. The monoisotopic (exact) mass is 228 g/mol. The van der Waals surface area contributed by atoms with E-state index in [4.69, 9.17) is 5.11 Å². The first-order valence-electron chi connectivity index (χ1n) is 5.48. The first kappa shape index (κ1) is 14.5. The summed E-state index contributed by atoms with van der Waals surface area (Å²) < 4.78 is 0. The molecule has 0 aliphatic rings. The zero-order valence-corrected chi connectivity index (χ0v) is 10.1. The van der Waals surface area contributed by atoms with E-state index in [1.807, 2.05) is 18.7 Å². The van der Waals surface area contributed by atoms with Gasteiger partial charge in [0.1, 0.15) is 5.57 Å². The van der Waals surface area contributed by atoms with Crippen molar-refractivity contribution < 1.29 is 14.7 Å². The minimum Gasteiger partial charge on any atom is -0.477 e. The molecule has 0 rings (SSSR count). The first-order chi connectivity index (χ1) is 7.56. The van der Waals surface area contributed by atoms with Gasteiger partial charge >= 0.3 is 5.97 Å². The van der Waals surface area contributed by atoms with Gasteiger partial charge in [-0.2, -0.15) is 0 Å². The minimum atomic E-state index is -1.20. The molecule has 92 valence electrons. The molecule has 5 heteroatoms. The van der Waals surface area contributed by atoms with E-state index < -0.39 is 11.9 Å². The Morgan fingerprint density at radius 1 is 1.25 bits per heavy atom. The molecule has 0 saturated carbocycles. The lowest BCUT2D eigenvalue weighted by molar-refractivity contribution is -0.135. The van der Waals surface area contributed by atoms with Crippen LogP contribution in [0.2, 0.25) is 0 Å². The molecule has 0 fully saturated rings. The number of carboxylic acid groups (broad SMARTS) is 1. The minimum absolute atomic E-state index is 0.218. The topological polar surface area (TPSA) is 69.6 Å². The molecule has 2 N–H and O–H groups in total. The van der Waals surface area contributed by atoms with Crippen molar-refractivity contribution in [3.8, 4) is 0 Å². The molecular weight excluding hydrogens is 208 g/mol. The van der Waals surface area contributed by atoms with Crippen LogP contribution in [0.1, 0.15) is 26.7 Å². The maximum Gasteiger partial charge on any atom is 0.342 e. The van der Waals surface area contributed by atoms with Crippen molar-refractivity contribution in [2.75, 3.05) is 20.1 Å². The lowest BCUT2D eigenvalue weighted by Crippen LogP contribution is -2.28. The fourth-order valence-corrected chi connectivity index (χ4v) is 1.34. The van der Waals surface area contributed by atoms with Crippen LogP contribution in [0.4, 0.5) is 0 Å². The van der Waals surface area contributed by atoms with Gasteiger partial charge in [0.15, 0.2) is 0 Å². The van der Waals surface area contributed by atoms with Crippen LogP contribution in [0, 0.1) is 0 Å². The Morgan fingerprint density at radius 3 is 2.06 bits per heavy atom. The SMILES string of the molecule is CCCN(C=C(C(=O)O)C(=O)NC)CCC. The highest BCUT2D eigenvalue weighted by molar-refractivity contribution is 6.15. The molecule has 16 heavy (non-hydrogen) atoms. The van der Waals surface area contributed by atoms with Gasteiger partial charge in [0.05, 0.1) is 0 Å². The normalized spacial score (nSPS) is 11.1. The number of hydrogen-bond donors (Lipinski definition) is 2. The maximum absolute atomic E-state index is 11.3. The zero-order chi connectivity index (χ0) is 12.6. The van der Waals surface area contributed by atoms with Crippen LogP contribution < -0.4 is 5.32 Å². The summed E-state index contributed by atoms with van der Waals surface area (Å²) >= 11 is 0. The van der Waals surface area contributed by atoms with Crippen LogP contribution in [-0.4, -0.2) is 42.0 Å². The van der Waals surface area contributed by atoms with Gasteiger partial charge in [-0.05, 0) is 12.8 Å². The number of carboxylic acids is 1. The lowest BCUT2D eigenvalue weighted by atomic mass is 10.2. The molecule has 0 heterocycles. The van der Waals surface area contributed by atoms with Gasteiger partial charge in [-0.15, -0.1) is 0 Å². The number of likely N-dealkylation sites (N-methyl/N-ethyl adjacent to an activating group) is 1. The molecule has 1 amide bonds. The Hall–Kier alpha value is -1.52. The van der Waals surface area contributed by atoms with Gasteiger partial charge in [0.2, 0.25) is 0 Å². The smallest absolute Gasteiger partial charge is 0.342 e. The lowest BCUT2D eigenvalue weighted by Gasteiger charge is -2.19. The molecule has 0 aromatic carbocycles. The molecule has 0 aromatic rings. The van der Waals surface area contributed by atoms with Crippen molar-refractivity contribution in [2.24, 2.45) is 0 Å². The number of nitrogens with one attached hydrogen (secondary N) is 1. The Bertz CT molecular complexity index is 268. The quantitative estimate of drug-likeness (QED) is 0.384. The van der Waals surface area contributed by atoms with Gasteiger partial charge < -0.3 is 15.3 Å². The van der Waals surface area contributed by atoms with Crippen LogP contribution >= 0.6 is 0 Å². The molecule has 0 spiro atoms. The summed E-state index contributed by atoms with van der Waals surface area (Å²) in [5.74, 6) is -1.76. The molecule has 0 atom stereocenters. The van der Waals surface area contributed by atoms with E-state index in [1.165, 1.54) is 13.2 Å². The van der Waals surface area contributed by atoms with Crippen molar-refractivity contribution in [2.45, 2.75) is 26.7 Å². The summed E-state index contributed by atoms with van der Waals surface area (Å²) in [5, 5.41) is 11.2. The van der Waals surface area contributed by atoms with Gasteiger partial charge in [0.25, 0.3) is 5.91 Å². The zero-order valence-electron chi connectivity index (χ0n) is 10.1. The first-order valence-corrected chi connectivity index (χ1v) is 5.48. The van der Waals surface area contributed by atoms with Gasteiger partial charge in [-0.3, -0.25) is 4.79 Å². The van der Waals surface area contributed by atoms with Crippen molar-refractivity contribution in [1.82, 2.24) is 10.2 Å². The number of hydrogen-bond acceptors (Lipinski definition) is 3. The molecule has 0 saturated heterocycles. The number of amides is 1. The highest BCUT2D eigenvalue weighted by atomic mass is 16.4. The Kier molecular flexibility index (Phi) is 7.00. The van der Waals surface area contributed by atoms with Crippen LogP contribution in [0.15, 0.2) is 11.8 Å². The molecule has 0 unspecified atom stereocenters. The van der Waals surface area contributed by atoms with Crippen LogP contribution in [0.5, 0.6) is 0 Å². The molecule has 5 nitrogen and oxygen atoms in total. The molecule has 0 bridgehead atoms. The van der Waals surface area contributed by atoms with Crippen molar-refractivity contribution in [3.05, 3.63) is 11.8 Å². The van der Waals surface area contributed by atoms with E-state index in [0.717, 1.165) is 25.9 Å². The van der Waals surface area contributed by atoms with E-state index in [-0.39, 0.29) is 5.57 Å². The number of carbonyl (C=O) groups is 2. The predicted octanol–water partition coefficient (Wildman–Crippen LogP) is 0.823. The predicted molar refractivity (Wildman–Crippen MR) is 61.9 cm³/mol. The standard InChI is InChI=1S/C11H20N2O3/c1-4-6-13(7-5-2)8-9(11(15)16)10(14)12-3/h8H,4-7H2,1-3H3,(H,12,14)(H,15,16). The Labute approximate surface area is 96.1 Å². The third-order valence-corrected chi connectivity index (χ3v) is 2.04. The van der Waals surface area contributed by atoms with Crippen molar-refractivity contribution >= 4 is 11.9 Å². The van der Waals surface area contributed by atoms with Gasteiger partial charge in [-0.1, -0.05) is 13.8 Å². The van der Waals surface area contributed by atoms with E-state index in [1.54, 1.807) is 0 Å². The van der Waals surface area contributed by atoms with E-state index >= 15 is 0 Å². The van der Waals surface area contributed by atoms with Crippen LogP contribution in [0.3, 0.4) is 0 Å². The van der Waals surface area contributed by atoms with Crippen LogP contribution in [0.25, 0.3) is 0 Å². The summed E-state index contributed by atoms with van der Waals surface area (Å²) in [5.41, 5.74) is -0.218. The second-order valence-electron chi connectivity index (χ2n) is 3.46. The Balaban J connectivity index is 4.83. The number of carbonyl (C=O) groups excluding carboxylic acids is 1. The highest BCUT2D eigenvalue weighted by Crippen LogP contribution is 2.02. The van der Waals surface area contributed by atoms with Gasteiger partial charge in [0, 0.05) is 26.3 Å². The summed E-state index contributed by atoms with van der Waals surface area (Å²) in [6.45, 7) is 5.52. The summed E-state index contributed by atoms with van der Waals surface area (Å²) in [7, 11) is 1.42. The summed E-state index contributed by atoms with van der Waals surface area (Å²) in [6, 6.07) is 0. The molecular formula is C11H20N2O3. The van der Waals surface area contributed by atoms with Crippen molar-refractivity contribution in [3.63, 3.8) is 0 Å². The number of rotatable bonds is 7. The maximum atomic E-state index is 11.3. The van der Waals surface area contributed by atoms with E-state index in [0.29, 0.717) is 0 Å². The third kappa shape index (κ3) is 4.82. The summed E-state index contributed by atoms with van der Waals surface area (Å²) in [4.78, 5) is 24.1. The van der Waals surface area contributed by atoms with E-state index in [2.05, 4.69) is 5.32 Å².